The Morgan fingerprint density at radius 1 is 1.03 bits per heavy atom. The van der Waals surface area contributed by atoms with Gasteiger partial charge in [-0.2, -0.15) is 0 Å². The quantitative estimate of drug-likeness (QED) is 0.350. The largest absolute Gasteiger partial charge is 3.00 e. The van der Waals surface area contributed by atoms with Crippen LogP contribution < -0.4 is 44.9 Å². The van der Waals surface area contributed by atoms with Gasteiger partial charge < -0.3 is 39.0 Å². The van der Waals surface area contributed by atoms with E-state index in [1.807, 2.05) is 7.11 Å². The Morgan fingerprint density at radius 3 is 2.17 bits per heavy atom. The van der Waals surface area contributed by atoms with Crippen molar-refractivity contribution in [2.75, 3.05) is 12.4 Å². The Balaban J connectivity index is 0.00000150. The number of hydrogen-bond donors (Lipinski definition) is 1. The monoisotopic (exact) mass is 514 g/mol. The first-order valence-corrected chi connectivity index (χ1v) is 15.5. The summed E-state index contributed by atoms with van der Waals surface area (Å²) in [5, 5.41) is 11.7. The Morgan fingerprint density at radius 2 is 1.63 bits per heavy atom. The van der Waals surface area contributed by atoms with Gasteiger partial charge in [-0.05, 0) is 52.1 Å². The van der Waals surface area contributed by atoms with E-state index in [2.05, 4.69) is 82.6 Å². The minimum absolute atomic E-state index is 0. The van der Waals surface area contributed by atoms with E-state index < -0.39 is 16.6 Å². The average molecular weight is 515 g/mol. The minimum Gasteiger partial charge on any atom is -1.00 e. The summed E-state index contributed by atoms with van der Waals surface area (Å²) >= 11 is 0. The summed E-state index contributed by atoms with van der Waals surface area (Å²) in [6.45, 7) is 15.7. The third-order valence-corrected chi connectivity index (χ3v) is 9.54. The van der Waals surface area contributed by atoms with Crippen molar-refractivity contribution in [2.45, 2.75) is 52.5 Å². The average Bonchev–Trinajstić information content (AvgIpc) is 2.98. The van der Waals surface area contributed by atoms with Crippen molar-refractivity contribution < 1.29 is 55.4 Å². The number of rotatable bonds is 4. The van der Waals surface area contributed by atoms with Crippen LogP contribution in [0.1, 0.15) is 20.8 Å². The van der Waals surface area contributed by atoms with Crippen LogP contribution >= 0.6 is 0 Å². The van der Waals surface area contributed by atoms with Gasteiger partial charge in [-0.3, -0.25) is 0 Å². The first kappa shape index (κ1) is 27.6. The maximum absolute atomic E-state index is 6.75. The molecular formula is C22H30Cl2NO2Si2Ti. The second-order valence-corrected chi connectivity index (χ2v) is 17.7. The van der Waals surface area contributed by atoms with Crippen molar-refractivity contribution in [3.63, 3.8) is 0 Å². The number of hydrogen-bond acceptors (Lipinski definition) is 3. The fraction of sp³-hybridized carbons (Fsp3) is 0.409. The molecule has 1 unspecified atom stereocenters. The van der Waals surface area contributed by atoms with Crippen molar-refractivity contribution in [3.8, 4) is 5.75 Å². The van der Waals surface area contributed by atoms with Crippen LogP contribution in [-0.2, 0) is 26.1 Å². The van der Waals surface area contributed by atoms with E-state index in [-0.39, 0.29) is 52.1 Å². The molecule has 1 aliphatic rings. The van der Waals surface area contributed by atoms with E-state index in [9.17, 15) is 0 Å². The predicted octanol–water partition coefficient (Wildman–Crippen LogP) is -1.21. The number of nitrogens with one attached hydrogen (secondary N) is 1. The van der Waals surface area contributed by atoms with Crippen LogP contribution in [-0.4, -0.2) is 29.3 Å². The first-order valence-electron chi connectivity index (χ1n) is 9.68. The molecule has 3 aromatic rings. The summed E-state index contributed by atoms with van der Waals surface area (Å²) in [6.07, 6.45) is 0. The van der Waals surface area contributed by atoms with E-state index in [0.717, 1.165) is 5.75 Å². The molecule has 0 saturated carbocycles. The third kappa shape index (κ3) is 4.54. The molecule has 8 heteroatoms. The van der Waals surface area contributed by atoms with Gasteiger partial charge in [-0.1, -0.05) is 28.8 Å². The van der Waals surface area contributed by atoms with Crippen molar-refractivity contribution >= 4 is 54.2 Å². The summed E-state index contributed by atoms with van der Waals surface area (Å²) < 4.78 is 12.9. The number of anilines is 1. The van der Waals surface area contributed by atoms with Gasteiger partial charge in [-0.15, -0.1) is 28.3 Å². The summed E-state index contributed by atoms with van der Waals surface area (Å²) in [6, 6.07) is 11.0. The summed E-state index contributed by atoms with van der Waals surface area (Å²) in [5.41, 5.74) is 1.12. The SMILES string of the molecule is CO[Si]1(C)c2c(NC(C)(C)C)c(O[Si](C)(C)C)c3c([cH-]c4ccccc43)c21.[Cl-].[Cl-].[Ti+3]. The fourth-order valence-corrected chi connectivity index (χ4v) is 8.22. The van der Waals surface area contributed by atoms with E-state index in [4.69, 9.17) is 8.85 Å². The van der Waals surface area contributed by atoms with Crippen molar-refractivity contribution in [3.05, 3.63) is 30.3 Å². The normalized spacial score (nSPS) is 17.5. The Kier molecular flexibility index (Phi) is 8.16. The van der Waals surface area contributed by atoms with E-state index >= 15 is 0 Å². The molecule has 0 spiro atoms. The van der Waals surface area contributed by atoms with Gasteiger partial charge in [0.2, 0.25) is 16.6 Å². The molecule has 0 amide bonds. The molecule has 3 nitrogen and oxygen atoms in total. The zero-order valence-electron chi connectivity index (χ0n) is 19.0. The molecule has 1 aliphatic heterocycles. The second-order valence-electron chi connectivity index (χ2n) is 9.80. The van der Waals surface area contributed by atoms with E-state index in [1.54, 1.807) is 0 Å². The van der Waals surface area contributed by atoms with Gasteiger partial charge in [-0.25, -0.2) is 0 Å². The Labute approximate surface area is 209 Å². The summed E-state index contributed by atoms with van der Waals surface area (Å²) in [5.74, 6) is 1.03. The number of benzene rings is 2. The van der Waals surface area contributed by atoms with Crippen LogP contribution in [0.25, 0.3) is 21.5 Å². The van der Waals surface area contributed by atoms with Crippen molar-refractivity contribution in [1.82, 2.24) is 0 Å². The molecule has 3 aromatic carbocycles. The topological polar surface area (TPSA) is 30.5 Å². The van der Waals surface area contributed by atoms with Crippen LogP contribution in [0.3, 0.4) is 0 Å². The Bertz CT molecular complexity index is 1070. The van der Waals surface area contributed by atoms with Gasteiger partial charge in [0.15, 0.2) is 0 Å². The molecule has 161 valence electrons. The van der Waals surface area contributed by atoms with Gasteiger partial charge in [0.05, 0.1) is 11.4 Å². The maximum Gasteiger partial charge on any atom is 3.00 e. The predicted molar refractivity (Wildman–Crippen MR) is 122 cm³/mol. The second kappa shape index (κ2) is 8.85. The number of fused-ring (bicyclic) bond motifs is 5. The van der Waals surface area contributed by atoms with Crippen LogP contribution in [0.2, 0.25) is 26.2 Å². The number of halogens is 2. The Hall–Kier alpha value is -0.402. The molecule has 1 heterocycles. The minimum atomic E-state index is -2.02. The molecule has 0 fully saturated rings. The summed E-state index contributed by atoms with van der Waals surface area (Å²) in [7, 11) is -1.97. The maximum atomic E-state index is 6.75. The summed E-state index contributed by atoms with van der Waals surface area (Å²) in [4.78, 5) is 0. The van der Waals surface area contributed by atoms with Crippen molar-refractivity contribution in [2.24, 2.45) is 0 Å². The molecule has 4 rings (SSSR count). The molecule has 30 heavy (non-hydrogen) atoms. The van der Waals surface area contributed by atoms with Crippen molar-refractivity contribution in [1.29, 1.82) is 0 Å². The van der Waals surface area contributed by atoms with Crippen LogP contribution in [0, 0.1) is 0 Å². The molecule has 0 saturated heterocycles. The molecule has 1 atom stereocenters. The molecule has 0 bridgehead atoms. The fourth-order valence-electron chi connectivity index (χ4n) is 4.12. The van der Waals surface area contributed by atoms with Gasteiger partial charge in [0.1, 0.15) is 0 Å². The smallest absolute Gasteiger partial charge is 1.00 e. The third-order valence-electron chi connectivity index (χ3n) is 5.23. The zero-order chi connectivity index (χ0) is 19.8. The van der Waals surface area contributed by atoms with Crippen LogP contribution in [0.4, 0.5) is 5.69 Å². The zero-order valence-corrected chi connectivity index (χ0v) is 24.0. The van der Waals surface area contributed by atoms with E-state index in [1.165, 1.54) is 37.6 Å². The van der Waals surface area contributed by atoms with Gasteiger partial charge in [0, 0.05) is 12.6 Å². The van der Waals surface area contributed by atoms with Crippen LogP contribution in [0.15, 0.2) is 30.3 Å². The molecule has 1 N–H and O–H groups in total. The van der Waals surface area contributed by atoms with Crippen LogP contribution in [0.5, 0.6) is 5.75 Å². The first-order chi connectivity index (χ1) is 12.5. The van der Waals surface area contributed by atoms with Gasteiger partial charge >= 0.3 is 21.7 Å². The molecule has 0 aromatic heterocycles. The molecule has 0 aliphatic carbocycles. The van der Waals surface area contributed by atoms with E-state index in [0.29, 0.717) is 0 Å². The molecular weight excluding hydrogens is 485 g/mol. The molecule has 1 radical (unpaired) electrons. The van der Waals surface area contributed by atoms with Gasteiger partial charge in [0.25, 0.3) is 0 Å². The standard InChI is InChI=1S/C22H30NO2Si2.2ClH.Ti/c1-22(2,3)23-18-19(25-26(5,6)7)17-15-12-10-9-11-14(15)13-16(17)20-21(18)27(20,8)24-4;;;/h9-13,23H,1-8H3;2*1H;/q-1;;;+3/p-2.